The maximum Gasteiger partial charge on any atom is 0.198 e. The number of anilines is 1. The fraction of sp³-hybridized carbons (Fsp3) is 0.133. The topological polar surface area (TPSA) is 52.3 Å². The molecule has 0 fully saturated rings. The highest BCUT2D eigenvalue weighted by Crippen LogP contribution is 2.29. The summed E-state index contributed by atoms with van der Waals surface area (Å²) in [5.41, 5.74) is 8.30. The number of carbonyl (C=O) groups excluding carboxylic acids is 1. The third-order valence-electron chi connectivity index (χ3n) is 2.93. The lowest BCUT2D eigenvalue weighted by Crippen LogP contribution is -2.07. The van der Waals surface area contributed by atoms with E-state index in [1.165, 1.54) is 0 Å². The van der Waals surface area contributed by atoms with Crippen LogP contribution in [0.4, 0.5) is 5.69 Å². The minimum Gasteiger partial charge on any atom is -0.496 e. The monoisotopic (exact) mass is 319 g/mol. The summed E-state index contributed by atoms with van der Waals surface area (Å²) in [5, 5.41) is 0. The summed E-state index contributed by atoms with van der Waals surface area (Å²) in [6, 6.07) is 10.6. The molecule has 3 nitrogen and oxygen atoms in total. The van der Waals surface area contributed by atoms with Crippen LogP contribution in [0.5, 0.6) is 5.75 Å². The average Bonchev–Trinajstić information content (AvgIpc) is 2.41. The van der Waals surface area contributed by atoms with E-state index in [-0.39, 0.29) is 5.78 Å². The molecule has 98 valence electrons. The number of benzene rings is 2. The van der Waals surface area contributed by atoms with E-state index in [9.17, 15) is 4.79 Å². The Labute approximate surface area is 120 Å². The summed E-state index contributed by atoms with van der Waals surface area (Å²) in [5.74, 6) is 0.407. The van der Waals surface area contributed by atoms with Crippen LogP contribution in [-0.2, 0) is 0 Å². The molecule has 0 radical (unpaired) electrons. The van der Waals surface area contributed by atoms with Crippen molar-refractivity contribution in [1.82, 2.24) is 0 Å². The molecule has 0 amide bonds. The van der Waals surface area contributed by atoms with Crippen LogP contribution in [-0.4, -0.2) is 12.9 Å². The minimum absolute atomic E-state index is 0.143. The van der Waals surface area contributed by atoms with E-state index in [0.717, 1.165) is 10.0 Å². The summed E-state index contributed by atoms with van der Waals surface area (Å²) in [4.78, 5) is 12.5. The minimum atomic E-state index is -0.143. The van der Waals surface area contributed by atoms with Gasteiger partial charge >= 0.3 is 0 Å². The maximum absolute atomic E-state index is 12.5. The first kappa shape index (κ1) is 13.6. The number of nitrogen functional groups attached to an aromatic ring is 1. The fourth-order valence-corrected chi connectivity index (χ4v) is 2.19. The van der Waals surface area contributed by atoms with Crippen molar-refractivity contribution >= 4 is 27.4 Å². The van der Waals surface area contributed by atoms with Gasteiger partial charge < -0.3 is 10.5 Å². The number of rotatable bonds is 3. The van der Waals surface area contributed by atoms with Gasteiger partial charge in [-0.2, -0.15) is 0 Å². The second-order valence-corrected chi connectivity index (χ2v) is 5.07. The number of ether oxygens (including phenoxy) is 1. The standard InChI is InChI=1S/C15H14BrNO2/c1-9-7-14(19-2)11(8-12(9)16)15(18)10-5-3-4-6-13(10)17/h3-8H,17H2,1-2H3. The number of halogens is 1. The van der Waals surface area contributed by atoms with E-state index < -0.39 is 0 Å². The molecule has 0 bridgehead atoms. The fourth-order valence-electron chi connectivity index (χ4n) is 1.85. The van der Waals surface area contributed by atoms with Gasteiger partial charge in [0.2, 0.25) is 0 Å². The molecule has 19 heavy (non-hydrogen) atoms. The molecule has 0 aliphatic heterocycles. The van der Waals surface area contributed by atoms with Gasteiger partial charge in [0, 0.05) is 15.7 Å². The van der Waals surface area contributed by atoms with E-state index in [2.05, 4.69) is 15.9 Å². The van der Waals surface area contributed by atoms with Gasteiger partial charge in [0.1, 0.15) is 5.75 Å². The second-order valence-electron chi connectivity index (χ2n) is 4.22. The molecule has 0 atom stereocenters. The smallest absolute Gasteiger partial charge is 0.198 e. The molecule has 0 spiro atoms. The summed E-state index contributed by atoms with van der Waals surface area (Å²) in [7, 11) is 1.55. The highest BCUT2D eigenvalue weighted by molar-refractivity contribution is 9.10. The van der Waals surface area contributed by atoms with Crippen LogP contribution < -0.4 is 10.5 Å². The van der Waals surface area contributed by atoms with Gasteiger partial charge in [0.15, 0.2) is 5.78 Å². The summed E-state index contributed by atoms with van der Waals surface area (Å²) >= 11 is 3.43. The maximum atomic E-state index is 12.5. The normalized spacial score (nSPS) is 10.3. The molecule has 2 rings (SSSR count). The third kappa shape index (κ3) is 2.63. The van der Waals surface area contributed by atoms with Crippen molar-refractivity contribution < 1.29 is 9.53 Å². The van der Waals surface area contributed by atoms with Gasteiger partial charge in [-0.15, -0.1) is 0 Å². The van der Waals surface area contributed by atoms with Crippen molar-refractivity contribution in [3.63, 3.8) is 0 Å². The SMILES string of the molecule is COc1cc(C)c(Br)cc1C(=O)c1ccccc1N. The highest BCUT2D eigenvalue weighted by atomic mass is 79.9. The summed E-state index contributed by atoms with van der Waals surface area (Å²) in [6.45, 7) is 1.94. The van der Waals surface area contributed by atoms with Crippen molar-refractivity contribution in [2.24, 2.45) is 0 Å². The molecule has 4 heteroatoms. The van der Waals surface area contributed by atoms with Crippen molar-refractivity contribution in [3.05, 3.63) is 57.6 Å². The van der Waals surface area contributed by atoms with E-state index in [1.807, 2.05) is 13.0 Å². The molecule has 2 N–H and O–H groups in total. The lowest BCUT2D eigenvalue weighted by molar-refractivity contribution is 0.103. The first-order valence-corrected chi connectivity index (χ1v) is 6.57. The van der Waals surface area contributed by atoms with Crippen molar-refractivity contribution in [2.75, 3.05) is 12.8 Å². The molecule has 0 saturated heterocycles. The number of para-hydroxylation sites is 1. The molecule has 2 aromatic rings. The highest BCUT2D eigenvalue weighted by Gasteiger charge is 2.17. The zero-order valence-corrected chi connectivity index (χ0v) is 12.3. The largest absolute Gasteiger partial charge is 0.496 e. The number of nitrogens with two attached hydrogens (primary N) is 1. The molecular weight excluding hydrogens is 306 g/mol. The number of carbonyl (C=O) groups is 1. The van der Waals surface area contributed by atoms with Crippen LogP contribution in [0.25, 0.3) is 0 Å². The predicted octanol–water partition coefficient (Wildman–Crippen LogP) is 3.58. The molecule has 0 heterocycles. The number of hydrogen-bond donors (Lipinski definition) is 1. The Morgan fingerprint density at radius 3 is 2.53 bits per heavy atom. The quantitative estimate of drug-likeness (QED) is 0.695. The summed E-state index contributed by atoms with van der Waals surface area (Å²) < 4.78 is 6.15. The number of methoxy groups -OCH3 is 1. The molecule has 0 aliphatic carbocycles. The van der Waals surface area contributed by atoms with Crippen LogP contribution in [0.2, 0.25) is 0 Å². The number of aryl methyl sites for hydroxylation is 1. The molecule has 2 aromatic carbocycles. The Balaban J connectivity index is 2.56. The van der Waals surface area contributed by atoms with Crippen molar-refractivity contribution in [3.8, 4) is 5.75 Å². The van der Waals surface area contributed by atoms with E-state index in [1.54, 1.807) is 37.4 Å². The second kappa shape index (κ2) is 5.45. The average molecular weight is 320 g/mol. The number of ketones is 1. The van der Waals surface area contributed by atoms with E-state index >= 15 is 0 Å². The molecule has 0 saturated carbocycles. The Kier molecular flexibility index (Phi) is 3.90. The van der Waals surface area contributed by atoms with Crippen LogP contribution in [0.1, 0.15) is 21.5 Å². The predicted molar refractivity (Wildman–Crippen MR) is 79.7 cm³/mol. The van der Waals surface area contributed by atoms with Crippen LogP contribution in [0.15, 0.2) is 40.9 Å². The van der Waals surface area contributed by atoms with Gasteiger partial charge in [-0.1, -0.05) is 28.1 Å². The van der Waals surface area contributed by atoms with Gasteiger partial charge in [0.25, 0.3) is 0 Å². The Bertz CT molecular complexity index is 638. The first-order valence-electron chi connectivity index (χ1n) is 5.78. The zero-order valence-electron chi connectivity index (χ0n) is 10.7. The Morgan fingerprint density at radius 2 is 1.89 bits per heavy atom. The molecule has 0 aliphatic rings. The zero-order chi connectivity index (χ0) is 14.0. The molecule has 0 unspecified atom stereocenters. The van der Waals surface area contributed by atoms with Crippen LogP contribution in [0.3, 0.4) is 0 Å². The lowest BCUT2D eigenvalue weighted by atomic mass is 10.00. The van der Waals surface area contributed by atoms with Crippen LogP contribution >= 0.6 is 15.9 Å². The van der Waals surface area contributed by atoms with Crippen LogP contribution in [0, 0.1) is 6.92 Å². The molecular formula is C15H14BrNO2. The Morgan fingerprint density at radius 1 is 1.21 bits per heavy atom. The first-order chi connectivity index (χ1) is 9.04. The Hall–Kier alpha value is -1.81. The van der Waals surface area contributed by atoms with Gasteiger partial charge in [-0.25, -0.2) is 0 Å². The van der Waals surface area contributed by atoms with Gasteiger partial charge in [-0.3, -0.25) is 4.79 Å². The van der Waals surface area contributed by atoms with Crippen molar-refractivity contribution in [2.45, 2.75) is 6.92 Å². The van der Waals surface area contributed by atoms with E-state index in [0.29, 0.717) is 22.6 Å². The summed E-state index contributed by atoms with van der Waals surface area (Å²) in [6.07, 6.45) is 0. The van der Waals surface area contributed by atoms with E-state index in [4.69, 9.17) is 10.5 Å². The van der Waals surface area contributed by atoms with Gasteiger partial charge in [-0.05, 0) is 36.8 Å². The van der Waals surface area contributed by atoms with Gasteiger partial charge in [0.05, 0.1) is 12.7 Å². The third-order valence-corrected chi connectivity index (χ3v) is 3.79. The van der Waals surface area contributed by atoms with Crippen molar-refractivity contribution in [1.29, 1.82) is 0 Å². The molecule has 0 aromatic heterocycles. The lowest BCUT2D eigenvalue weighted by Gasteiger charge is -2.11. The number of hydrogen-bond acceptors (Lipinski definition) is 3.